The van der Waals surface area contributed by atoms with Crippen LogP contribution in [0.5, 0.6) is 0 Å². The lowest BCUT2D eigenvalue weighted by Crippen LogP contribution is -2.29. The van der Waals surface area contributed by atoms with Crippen LogP contribution in [0.3, 0.4) is 0 Å². The van der Waals surface area contributed by atoms with E-state index in [4.69, 9.17) is 24.3 Å². The van der Waals surface area contributed by atoms with Crippen molar-refractivity contribution < 1.29 is 37.6 Å². The van der Waals surface area contributed by atoms with Gasteiger partial charge >= 0.3 is 19.8 Å². The first-order valence-electron chi connectivity index (χ1n) is 27.1. The van der Waals surface area contributed by atoms with Gasteiger partial charge in [-0.15, -0.1) is 0 Å². The van der Waals surface area contributed by atoms with Crippen LogP contribution >= 0.6 is 7.82 Å². The summed E-state index contributed by atoms with van der Waals surface area (Å²) in [7, 11) is -4.39. The van der Waals surface area contributed by atoms with Crippen LogP contribution in [-0.2, 0) is 32.7 Å². The monoisotopic (exact) mass is 958 g/mol. The molecule has 3 N–H and O–H groups in total. The second kappa shape index (κ2) is 52.6. The van der Waals surface area contributed by atoms with Crippen molar-refractivity contribution in [2.45, 2.75) is 238 Å². The summed E-state index contributed by atoms with van der Waals surface area (Å²) in [5.74, 6) is -0.843. The summed E-state index contributed by atoms with van der Waals surface area (Å²) in [5, 5.41) is 0. The number of esters is 2. The third kappa shape index (κ3) is 52.4. The van der Waals surface area contributed by atoms with Gasteiger partial charge in [-0.25, -0.2) is 4.57 Å². The molecule has 0 aliphatic rings. The molecule has 10 heteroatoms. The van der Waals surface area contributed by atoms with Crippen LogP contribution in [0.4, 0.5) is 0 Å². The van der Waals surface area contributed by atoms with Crippen LogP contribution in [0.1, 0.15) is 232 Å². The number of hydrogen-bond donors (Lipinski definition) is 2. The highest BCUT2D eigenvalue weighted by Crippen LogP contribution is 2.43. The number of phosphoric ester groups is 1. The van der Waals surface area contributed by atoms with E-state index in [1.54, 1.807) is 0 Å². The van der Waals surface area contributed by atoms with Gasteiger partial charge in [0, 0.05) is 19.4 Å². The van der Waals surface area contributed by atoms with Gasteiger partial charge in [0.25, 0.3) is 0 Å². The fourth-order valence-corrected chi connectivity index (χ4v) is 8.05. The van der Waals surface area contributed by atoms with E-state index in [1.807, 2.05) is 0 Å². The van der Waals surface area contributed by atoms with E-state index in [2.05, 4.69) is 98.9 Å². The van der Waals surface area contributed by atoms with E-state index in [0.717, 1.165) is 89.9 Å². The Morgan fingerprint density at radius 2 is 0.821 bits per heavy atom. The number of ether oxygens (including phenoxy) is 2. The maximum absolute atomic E-state index is 12.7. The van der Waals surface area contributed by atoms with Crippen LogP contribution < -0.4 is 5.73 Å². The van der Waals surface area contributed by atoms with Crippen LogP contribution in [0.25, 0.3) is 0 Å². The molecule has 0 rings (SSSR count). The van der Waals surface area contributed by atoms with Crippen molar-refractivity contribution in [3.63, 3.8) is 0 Å². The first kappa shape index (κ1) is 64.2. The molecule has 2 atom stereocenters. The fourth-order valence-electron chi connectivity index (χ4n) is 7.28. The van der Waals surface area contributed by atoms with Gasteiger partial charge in [-0.2, -0.15) is 0 Å². The van der Waals surface area contributed by atoms with E-state index in [1.165, 1.54) is 109 Å². The lowest BCUT2D eigenvalue weighted by atomic mass is 10.1. The molecule has 0 aromatic heterocycles. The summed E-state index contributed by atoms with van der Waals surface area (Å²) in [4.78, 5) is 35.1. The molecule has 0 aromatic carbocycles. The topological polar surface area (TPSA) is 134 Å². The van der Waals surface area contributed by atoms with Crippen molar-refractivity contribution in [3.8, 4) is 0 Å². The van der Waals surface area contributed by atoms with Gasteiger partial charge < -0.3 is 20.1 Å². The molecule has 386 valence electrons. The average Bonchev–Trinajstić information content (AvgIpc) is 3.32. The lowest BCUT2D eigenvalue weighted by Gasteiger charge is -2.19. The van der Waals surface area contributed by atoms with Gasteiger partial charge in [0.15, 0.2) is 6.10 Å². The van der Waals surface area contributed by atoms with Gasteiger partial charge in [0.1, 0.15) is 6.61 Å². The number of rotatable bonds is 50. The highest BCUT2D eigenvalue weighted by Gasteiger charge is 2.26. The molecule has 0 amide bonds. The highest BCUT2D eigenvalue weighted by atomic mass is 31.2. The van der Waals surface area contributed by atoms with E-state index in [0.29, 0.717) is 6.42 Å². The third-order valence-corrected chi connectivity index (χ3v) is 12.2. The van der Waals surface area contributed by atoms with Gasteiger partial charge in [-0.3, -0.25) is 18.6 Å². The van der Waals surface area contributed by atoms with Gasteiger partial charge in [0.05, 0.1) is 13.2 Å². The number of hydrogen-bond acceptors (Lipinski definition) is 8. The zero-order valence-electron chi connectivity index (χ0n) is 42.9. The summed E-state index contributed by atoms with van der Waals surface area (Å²) in [6.07, 6.45) is 67.6. The summed E-state index contributed by atoms with van der Waals surface area (Å²) in [6.45, 7) is 3.61. The predicted molar refractivity (Wildman–Crippen MR) is 284 cm³/mol. The standard InChI is InChI=1S/C57H100NO8P/c1-3-5-7-9-11-13-15-17-19-21-23-25-26-27-28-30-31-33-35-37-39-41-43-45-47-49-56(59)63-53-55(54-65-67(61,62)64-52-51-58)66-57(60)50-48-46-44-42-40-38-36-34-32-29-24-22-20-18-16-14-12-10-8-6-4-2/h6,8,12,14-15,17-18,20-21,23-24,26-27,29,55H,3-5,7,9-11,13,16,19,22,25,28,30-54,58H2,1-2H3,(H,61,62)/b8-6-,14-12-,17-15-,20-18-,23-21-,27-26-,29-24-. The number of carbonyl (C=O) groups excluding carboxylic acids is 2. The predicted octanol–water partition coefficient (Wildman–Crippen LogP) is 16.7. The minimum atomic E-state index is -4.39. The number of carbonyl (C=O) groups is 2. The Kier molecular flexibility index (Phi) is 50.4. The minimum Gasteiger partial charge on any atom is -0.462 e. The maximum atomic E-state index is 12.7. The Morgan fingerprint density at radius 3 is 1.22 bits per heavy atom. The fraction of sp³-hybridized carbons (Fsp3) is 0.719. The molecule has 2 unspecified atom stereocenters. The smallest absolute Gasteiger partial charge is 0.462 e. The van der Waals surface area contributed by atoms with Crippen LogP contribution in [-0.4, -0.2) is 49.3 Å². The first-order chi connectivity index (χ1) is 32.8. The molecule has 0 saturated carbocycles. The second-order valence-corrected chi connectivity index (χ2v) is 19.2. The Labute approximate surface area is 411 Å². The molecule has 0 aromatic rings. The minimum absolute atomic E-state index is 0.0474. The Morgan fingerprint density at radius 1 is 0.463 bits per heavy atom. The van der Waals surface area contributed by atoms with Crippen molar-refractivity contribution in [1.29, 1.82) is 0 Å². The summed E-state index contributed by atoms with van der Waals surface area (Å²) in [5.41, 5.74) is 5.37. The van der Waals surface area contributed by atoms with Crippen LogP contribution in [0, 0.1) is 0 Å². The van der Waals surface area contributed by atoms with Crippen LogP contribution in [0.15, 0.2) is 85.1 Å². The van der Waals surface area contributed by atoms with E-state index in [9.17, 15) is 19.0 Å². The molecular weight excluding hydrogens is 858 g/mol. The SMILES string of the molecule is CC/C=C\C/C=C\C/C=C\C/C=C\CCCCCCCCCCC(=O)OC(COC(=O)CCCCCCCCCCCC/C=C\C/C=C\C/C=C\CCCCCCC)COP(=O)(O)OCCN. The maximum Gasteiger partial charge on any atom is 0.472 e. The number of allylic oxidation sites excluding steroid dienone is 14. The molecule has 0 fully saturated rings. The van der Waals surface area contributed by atoms with Gasteiger partial charge in [0.2, 0.25) is 0 Å². The normalized spacial score (nSPS) is 13.8. The Balaban J connectivity index is 4.05. The molecule has 0 spiro atoms. The molecule has 0 aliphatic carbocycles. The molecule has 0 heterocycles. The zero-order valence-corrected chi connectivity index (χ0v) is 43.8. The average molecular weight is 958 g/mol. The first-order valence-corrected chi connectivity index (χ1v) is 28.6. The third-order valence-electron chi connectivity index (χ3n) is 11.3. The van der Waals surface area contributed by atoms with Crippen molar-refractivity contribution in [1.82, 2.24) is 0 Å². The molecule has 9 nitrogen and oxygen atoms in total. The number of nitrogens with two attached hydrogens (primary N) is 1. The highest BCUT2D eigenvalue weighted by molar-refractivity contribution is 7.47. The summed E-state index contributed by atoms with van der Waals surface area (Å²) < 4.78 is 33.0. The molecule has 67 heavy (non-hydrogen) atoms. The summed E-state index contributed by atoms with van der Waals surface area (Å²) in [6, 6.07) is 0. The van der Waals surface area contributed by atoms with Gasteiger partial charge in [-0.05, 0) is 89.9 Å². The number of phosphoric acid groups is 1. The lowest BCUT2D eigenvalue weighted by molar-refractivity contribution is -0.161. The van der Waals surface area contributed by atoms with E-state index < -0.39 is 26.5 Å². The zero-order chi connectivity index (χ0) is 48.8. The molecular formula is C57H100NO8P. The van der Waals surface area contributed by atoms with Crippen molar-refractivity contribution >= 4 is 19.8 Å². The number of unbranched alkanes of at least 4 members (excludes halogenated alkanes) is 23. The van der Waals surface area contributed by atoms with Crippen molar-refractivity contribution in [3.05, 3.63) is 85.1 Å². The summed E-state index contributed by atoms with van der Waals surface area (Å²) >= 11 is 0. The van der Waals surface area contributed by atoms with E-state index in [-0.39, 0.29) is 38.6 Å². The quantitative estimate of drug-likeness (QED) is 0.0264. The second-order valence-electron chi connectivity index (χ2n) is 17.7. The molecule has 0 saturated heterocycles. The largest absolute Gasteiger partial charge is 0.472 e. The van der Waals surface area contributed by atoms with Crippen molar-refractivity contribution in [2.24, 2.45) is 5.73 Å². The Bertz CT molecular complexity index is 1370. The molecule has 0 aliphatic heterocycles. The van der Waals surface area contributed by atoms with Gasteiger partial charge in [-0.1, -0.05) is 214 Å². The van der Waals surface area contributed by atoms with Crippen LogP contribution in [0.2, 0.25) is 0 Å². The molecule has 0 radical (unpaired) electrons. The Hall–Kier alpha value is -2.81. The van der Waals surface area contributed by atoms with E-state index >= 15 is 0 Å². The molecule has 0 bridgehead atoms. The van der Waals surface area contributed by atoms with Crippen molar-refractivity contribution in [2.75, 3.05) is 26.4 Å².